The molecule has 1 rings (SSSR count). The number of hydrogen-bond acceptors (Lipinski definition) is 4. The van der Waals surface area contributed by atoms with Crippen molar-refractivity contribution in [2.75, 3.05) is 33.5 Å². The molecule has 0 unspecified atom stereocenters. The highest BCUT2D eigenvalue weighted by Gasteiger charge is 2.05. The van der Waals surface area contributed by atoms with Gasteiger partial charge in [-0.1, -0.05) is 19.9 Å². The van der Waals surface area contributed by atoms with E-state index < -0.39 is 0 Å². The Morgan fingerprint density at radius 3 is 2.63 bits per heavy atom. The molecule has 1 aromatic rings. The summed E-state index contributed by atoms with van der Waals surface area (Å²) in [5.74, 6) is 1.67. The summed E-state index contributed by atoms with van der Waals surface area (Å²) in [7, 11) is 1.66. The van der Waals surface area contributed by atoms with Crippen molar-refractivity contribution in [1.29, 1.82) is 0 Å². The van der Waals surface area contributed by atoms with E-state index in [2.05, 4.69) is 19.2 Å². The van der Waals surface area contributed by atoms with Crippen molar-refractivity contribution in [3.8, 4) is 11.5 Å². The normalized spacial score (nSPS) is 10.5. The second kappa shape index (κ2) is 9.64. The van der Waals surface area contributed by atoms with Crippen LogP contribution >= 0.6 is 0 Å². The van der Waals surface area contributed by atoms with Crippen molar-refractivity contribution in [3.63, 3.8) is 0 Å². The Morgan fingerprint density at radius 1 is 1.11 bits per heavy atom. The van der Waals surface area contributed by atoms with E-state index in [1.807, 2.05) is 18.2 Å². The molecular formula is C15H25NO3. The van der Waals surface area contributed by atoms with Gasteiger partial charge in [0.1, 0.15) is 18.1 Å². The lowest BCUT2D eigenvalue weighted by atomic mass is 10.2. The summed E-state index contributed by atoms with van der Waals surface area (Å²) in [6.45, 7) is 7.88. The maximum absolute atomic E-state index is 5.78. The van der Waals surface area contributed by atoms with Gasteiger partial charge in [0.05, 0.1) is 13.7 Å². The summed E-state index contributed by atoms with van der Waals surface area (Å²) in [6, 6.07) is 5.91. The maximum atomic E-state index is 5.78. The first-order valence-electron chi connectivity index (χ1n) is 6.90. The molecule has 4 nitrogen and oxygen atoms in total. The Bertz CT molecular complexity index is 355. The molecule has 0 aromatic heterocycles. The molecule has 0 bridgehead atoms. The fourth-order valence-corrected chi connectivity index (χ4v) is 1.66. The fourth-order valence-electron chi connectivity index (χ4n) is 1.66. The van der Waals surface area contributed by atoms with Crippen molar-refractivity contribution in [2.45, 2.75) is 26.8 Å². The molecule has 19 heavy (non-hydrogen) atoms. The van der Waals surface area contributed by atoms with Gasteiger partial charge in [-0.05, 0) is 19.0 Å². The SMILES string of the molecule is CCCOCCOc1cc(OC)ccc1CNCC. The van der Waals surface area contributed by atoms with Gasteiger partial charge < -0.3 is 19.5 Å². The van der Waals surface area contributed by atoms with Crippen LogP contribution in [-0.2, 0) is 11.3 Å². The third-order valence-corrected chi connectivity index (χ3v) is 2.67. The van der Waals surface area contributed by atoms with Crippen molar-refractivity contribution >= 4 is 0 Å². The number of rotatable bonds is 10. The zero-order valence-electron chi connectivity index (χ0n) is 12.2. The molecule has 108 valence electrons. The smallest absolute Gasteiger partial charge is 0.127 e. The topological polar surface area (TPSA) is 39.7 Å². The van der Waals surface area contributed by atoms with Crippen LogP contribution in [0.15, 0.2) is 18.2 Å². The van der Waals surface area contributed by atoms with E-state index in [1.165, 1.54) is 0 Å². The van der Waals surface area contributed by atoms with Gasteiger partial charge in [0, 0.05) is 24.8 Å². The van der Waals surface area contributed by atoms with Gasteiger partial charge in [-0.15, -0.1) is 0 Å². The van der Waals surface area contributed by atoms with Crippen LogP contribution in [0.1, 0.15) is 25.8 Å². The zero-order chi connectivity index (χ0) is 13.9. The number of nitrogens with one attached hydrogen (secondary N) is 1. The molecule has 0 atom stereocenters. The average molecular weight is 267 g/mol. The summed E-state index contributed by atoms with van der Waals surface area (Å²) in [5, 5.41) is 3.30. The third-order valence-electron chi connectivity index (χ3n) is 2.67. The van der Waals surface area contributed by atoms with Crippen LogP contribution in [0.4, 0.5) is 0 Å². The lowest BCUT2D eigenvalue weighted by Crippen LogP contribution is -2.14. The van der Waals surface area contributed by atoms with E-state index in [9.17, 15) is 0 Å². The predicted octanol–water partition coefficient (Wildman–Crippen LogP) is 2.61. The van der Waals surface area contributed by atoms with E-state index in [-0.39, 0.29) is 0 Å². The number of benzene rings is 1. The molecule has 0 fully saturated rings. The highest BCUT2D eigenvalue weighted by atomic mass is 16.5. The molecular weight excluding hydrogens is 242 g/mol. The van der Waals surface area contributed by atoms with Crippen LogP contribution in [0.5, 0.6) is 11.5 Å². The molecule has 0 spiro atoms. The Hall–Kier alpha value is -1.26. The summed E-state index contributed by atoms with van der Waals surface area (Å²) in [6.07, 6.45) is 1.03. The van der Waals surface area contributed by atoms with E-state index in [0.29, 0.717) is 13.2 Å². The second-order valence-electron chi connectivity index (χ2n) is 4.21. The van der Waals surface area contributed by atoms with Gasteiger partial charge in [0.15, 0.2) is 0 Å². The Morgan fingerprint density at radius 2 is 1.95 bits per heavy atom. The monoisotopic (exact) mass is 267 g/mol. The molecule has 0 radical (unpaired) electrons. The van der Waals surface area contributed by atoms with Crippen LogP contribution in [0.3, 0.4) is 0 Å². The fraction of sp³-hybridized carbons (Fsp3) is 0.600. The first-order chi connectivity index (χ1) is 9.31. The van der Waals surface area contributed by atoms with Crippen molar-refractivity contribution < 1.29 is 14.2 Å². The van der Waals surface area contributed by atoms with E-state index in [4.69, 9.17) is 14.2 Å². The molecule has 0 saturated carbocycles. The Labute approximate surface area is 116 Å². The first kappa shape index (κ1) is 15.8. The van der Waals surface area contributed by atoms with Crippen molar-refractivity contribution in [1.82, 2.24) is 5.32 Å². The molecule has 0 aliphatic carbocycles. The Kier molecular flexibility index (Phi) is 8.02. The molecule has 0 aliphatic heterocycles. The lowest BCUT2D eigenvalue weighted by Gasteiger charge is -2.13. The van der Waals surface area contributed by atoms with Gasteiger partial charge in [0.2, 0.25) is 0 Å². The predicted molar refractivity (Wildman–Crippen MR) is 77.0 cm³/mol. The quantitative estimate of drug-likeness (QED) is 0.661. The van der Waals surface area contributed by atoms with Crippen LogP contribution < -0.4 is 14.8 Å². The van der Waals surface area contributed by atoms with Crippen LogP contribution in [0.25, 0.3) is 0 Å². The average Bonchev–Trinajstić information content (AvgIpc) is 2.45. The van der Waals surface area contributed by atoms with Crippen LogP contribution in [0.2, 0.25) is 0 Å². The summed E-state index contributed by atoms with van der Waals surface area (Å²) < 4.78 is 16.4. The van der Waals surface area contributed by atoms with Crippen LogP contribution in [0, 0.1) is 0 Å². The van der Waals surface area contributed by atoms with E-state index in [0.717, 1.165) is 43.2 Å². The molecule has 0 heterocycles. The molecule has 0 aliphatic rings. The largest absolute Gasteiger partial charge is 0.497 e. The minimum absolute atomic E-state index is 0.562. The number of hydrogen-bond donors (Lipinski definition) is 1. The highest BCUT2D eigenvalue weighted by molar-refractivity contribution is 5.40. The highest BCUT2D eigenvalue weighted by Crippen LogP contribution is 2.24. The lowest BCUT2D eigenvalue weighted by molar-refractivity contribution is 0.100. The van der Waals surface area contributed by atoms with Gasteiger partial charge in [-0.25, -0.2) is 0 Å². The minimum Gasteiger partial charge on any atom is -0.497 e. The number of ether oxygens (including phenoxy) is 3. The van der Waals surface area contributed by atoms with Crippen molar-refractivity contribution in [3.05, 3.63) is 23.8 Å². The maximum Gasteiger partial charge on any atom is 0.127 e. The van der Waals surface area contributed by atoms with Gasteiger partial charge in [-0.2, -0.15) is 0 Å². The van der Waals surface area contributed by atoms with E-state index >= 15 is 0 Å². The van der Waals surface area contributed by atoms with Gasteiger partial charge >= 0.3 is 0 Å². The minimum atomic E-state index is 0.562. The van der Waals surface area contributed by atoms with Gasteiger partial charge in [0.25, 0.3) is 0 Å². The molecule has 0 saturated heterocycles. The Balaban J connectivity index is 2.55. The summed E-state index contributed by atoms with van der Waals surface area (Å²) in [5.41, 5.74) is 1.14. The number of methoxy groups -OCH3 is 1. The molecule has 0 amide bonds. The van der Waals surface area contributed by atoms with E-state index in [1.54, 1.807) is 7.11 Å². The van der Waals surface area contributed by atoms with Gasteiger partial charge in [-0.3, -0.25) is 0 Å². The third kappa shape index (κ3) is 5.94. The summed E-state index contributed by atoms with van der Waals surface area (Å²) in [4.78, 5) is 0. The summed E-state index contributed by atoms with van der Waals surface area (Å²) >= 11 is 0. The molecule has 1 N–H and O–H groups in total. The molecule has 4 heteroatoms. The standard InChI is InChI=1S/C15H25NO3/c1-4-8-18-9-10-19-15-11-14(17-3)7-6-13(15)12-16-5-2/h6-7,11,16H,4-5,8-10,12H2,1-3H3. The first-order valence-corrected chi connectivity index (χ1v) is 6.90. The second-order valence-corrected chi connectivity index (χ2v) is 4.21. The molecule has 1 aromatic carbocycles. The van der Waals surface area contributed by atoms with Crippen LogP contribution in [-0.4, -0.2) is 33.5 Å². The zero-order valence-corrected chi connectivity index (χ0v) is 12.2. The van der Waals surface area contributed by atoms with Crippen molar-refractivity contribution in [2.24, 2.45) is 0 Å².